The molecule has 1 heterocycles. The molecule has 2 amide bonds. The van der Waals surface area contributed by atoms with E-state index in [9.17, 15) is 9.59 Å². The number of methoxy groups -OCH3 is 2. The summed E-state index contributed by atoms with van der Waals surface area (Å²) in [7, 11) is 3.05. The molecule has 0 spiro atoms. The van der Waals surface area contributed by atoms with Crippen LogP contribution in [0.15, 0.2) is 36.4 Å². The molecule has 0 unspecified atom stereocenters. The van der Waals surface area contributed by atoms with E-state index in [0.717, 1.165) is 6.42 Å². The summed E-state index contributed by atoms with van der Waals surface area (Å²) in [6.45, 7) is 2.51. The van der Waals surface area contributed by atoms with Crippen LogP contribution in [0, 0.1) is 0 Å². The lowest BCUT2D eigenvalue weighted by Gasteiger charge is -2.11. The minimum absolute atomic E-state index is 0.141. The van der Waals surface area contributed by atoms with Gasteiger partial charge in [-0.1, -0.05) is 13.0 Å². The molecule has 1 aromatic heterocycles. The maximum Gasteiger partial charge on any atom is 0.274 e. The number of ether oxygens (including phenoxy) is 2. The standard InChI is InChI=1S/C18H21N3O4/c1-4-10-19-17(22)14-6-5-7-15(20-14)18(23)21-13-9-8-12(24-2)11-16(13)25-3/h5-9,11H,4,10H2,1-3H3,(H,19,22)(H,21,23). The molecule has 0 saturated carbocycles. The minimum Gasteiger partial charge on any atom is -0.497 e. The van der Waals surface area contributed by atoms with Crippen molar-refractivity contribution >= 4 is 17.5 Å². The second kappa shape index (κ2) is 8.68. The fourth-order valence-electron chi connectivity index (χ4n) is 2.10. The highest BCUT2D eigenvalue weighted by Crippen LogP contribution is 2.29. The number of benzene rings is 1. The minimum atomic E-state index is -0.436. The molecule has 7 nitrogen and oxygen atoms in total. The number of hydrogen-bond donors (Lipinski definition) is 2. The Labute approximate surface area is 146 Å². The van der Waals surface area contributed by atoms with Crippen LogP contribution >= 0.6 is 0 Å². The van der Waals surface area contributed by atoms with Crippen molar-refractivity contribution in [3.05, 3.63) is 47.8 Å². The SMILES string of the molecule is CCCNC(=O)c1cccc(C(=O)Nc2ccc(OC)cc2OC)n1. The maximum absolute atomic E-state index is 12.4. The highest BCUT2D eigenvalue weighted by molar-refractivity contribution is 6.04. The van der Waals surface area contributed by atoms with Crippen molar-refractivity contribution in [2.24, 2.45) is 0 Å². The molecule has 132 valence electrons. The van der Waals surface area contributed by atoms with E-state index in [1.54, 1.807) is 43.5 Å². The number of anilines is 1. The van der Waals surface area contributed by atoms with Crippen molar-refractivity contribution in [1.82, 2.24) is 10.3 Å². The fourth-order valence-corrected chi connectivity index (χ4v) is 2.10. The zero-order valence-corrected chi connectivity index (χ0v) is 14.5. The van der Waals surface area contributed by atoms with E-state index < -0.39 is 5.91 Å². The molecule has 0 aliphatic carbocycles. The van der Waals surface area contributed by atoms with Gasteiger partial charge in [0.25, 0.3) is 11.8 Å². The molecule has 0 bridgehead atoms. The van der Waals surface area contributed by atoms with E-state index in [2.05, 4.69) is 15.6 Å². The molecule has 25 heavy (non-hydrogen) atoms. The average molecular weight is 343 g/mol. The third-order valence-corrected chi connectivity index (χ3v) is 3.41. The average Bonchev–Trinajstić information content (AvgIpc) is 2.66. The largest absolute Gasteiger partial charge is 0.497 e. The molecule has 2 rings (SSSR count). The first-order valence-corrected chi connectivity index (χ1v) is 7.87. The van der Waals surface area contributed by atoms with Crippen molar-refractivity contribution in [3.63, 3.8) is 0 Å². The second-order valence-electron chi connectivity index (χ2n) is 5.18. The van der Waals surface area contributed by atoms with Gasteiger partial charge in [0, 0.05) is 12.6 Å². The van der Waals surface area contributed by atoms with Gasteiger partial charge in [-0.15, -0.1) is 0 Å². The molecule has 0 saturated heterocycles. The van der Waals surface area contributed by atoms with Gasteiger partial charge in [0.2, 0.25) is 0 Å². The van der Waals surface area contributed by atoms with Crippen molar-refractivity contribution in [1.29, 1.82) is 0 Å². The number of carbonyl (C=O) groups excluding carboxylic acids is 2. The van der Waals surface area contributed by atoms with Crippen molar-refractivity contribution < 1.29 is 19.1 Å². The van der Waals surface area contributed by atoms with E-state index in [-0.39, 0.29) is 17.3 Å². The smallest absolute Gasteiger partial charge is 0.274 e. The molecule has 0 radical (unpaired) electrons. The van der Waals surface area contributed by atoms with E-state index in [4.69, 9.17) is 9.47 Å². The van der Waals surface area contributed by atoms with Crippen molar-refractivity contribution in [3.8, 4) is 11.5 Å². The van der Waals surface area contributed by atoms with Crippen LogP contribution in [0.3, 0.4) is 0 Å². The van der Waals surface area contributed by atoms with Crippen LogP contribution in [0.5, 0.6) is 11.5 Å². The van der Waals surface area contributed by atoms with E-state index in [1.165, 1.54) is 7.11 Å². The highest BCUT2D eigenvalue weighted by Gasteiger charge is 2.14. The van der Waals surface area contributed by atoms with Gasteiger partial charge in [-0.2, -0.15) is 0 Å². The number of rotatable bonds is 7. The molecule has 0 fully saturated rings. The number of nitrogens with one attached hydrogen (secondary N) is 2. The van der Waals surface area contributed by atoms with Gasteiger partial charge in [-0.25, -0.2) is 4.98 Å². The predicted octanol–water partition coefficient (Wildman–Crippen LogP) is 2.49. The number of hydrogen-bond acceptors (Lipinski definition) is 5. The molecule has 7 heteroatoms. The molecule has 0 aliphatic heterocycles. The molecule has 1 aromatic carbocycles. The van der Waals surface area contributed by atoms with Gasteiger partial charge in [0.05, 0.1) is 19.9 Å². The topological polar surface area (TPSA) is 89.6 Å². The van der Waals surface area contributed by atoms with E-state index in [0.29, 0.717) is 23.7 Å². The van der Waals surface area contributed by atoms with Crippen LogP contribution in [0.2, 0.25) is 0 Å². The third-order valence-electron chi connectivity index (χ3n) is 3.41. The van der Waals surface area contributed by atoms with Gasteiger partial charge >= 0.3 is 0 Å². The third kappa shape index (κ3) is 4.69. The summed E-state index contributed by atoms with van der Waals surface area (Å²) in [6.07, 6.45) is 0.823. The van der Waals surface area contributed by atoms with Gasteiger partial charge in [0.1, 0.15) is 22.9 Å². The first-order chi connectivity index (χ1) is 12.1. The van der Waals surface area contributed by atoms with Crippen molar-refractivity contribution in [2.75, 3.05) is 26.1 Å². The molecule has 0 atom stereocenters. The molecule has 2 N–H and O–H groups in total. The Morgan fingerprint density at radius 3 is 2.40 bits per heavy atom. The van der Waals surface area contributed by atoms with Crippen LogP contribution in [-0.2, 0) is 0 Å². The number of carbonyl (C=O) groups is 2. The normalized spacial score (nSPS) is 10.0. The summed E-state index contributed by atoms with van der Waals surface area (Å²) in [5.74, 6) is 0.333. The fraction of sp³-hybridized carbons (Fsp3) is 0.278. The van der Waals surface area contributed by atoms with Crippen LogP contribution in [-0.4, -0.2) is 37.6 Å². The van der Waals surface area contributed by atoms with Crippen LogP contribution in [0.1, 0.15) is 34.3 Å². The summed E-state index contributed by atoms with van der Waals surface area (Å²) < 4.78 is 10.4. The Balaban J connectivity index is 2.17. The molecular formula is C18H21N3O4. The summed E-state index contributed by atoms with van der Waals surface area (Å²) in [5, 5.41) is 5.45. The summed E-state index contributed by atoms with van der Waals surface area (Å²) in [5.41, 5.74) is 0.820. The van der Waals surface area contributed by atoms with Gasteiger partial charge < -0.3 is 20.1 Å². The maximum atomic E-state index is 12.4. The van der Waals surface area contributed by atoms with Gasteiger partial charge in [-0.3, -0.25) is 9.59 Å². The number of amides is 2. The quantitative estimate of drug-likeness (QED) is 0.806. The Kier molecular flexibility index (Phi) is 6.33. The van der Waals surface area contributed by atoms with Crippen LogP contribution < -0.4 is 20.1 Å². The Hall–Kier alpha value is -3.09. The second-order valence-corrected chi connectivity index (χ2v) is 5.18. The van der Waals surface area contributed by atoms with E-state index >= 15 is 0 Å². The molecule has 0 aliphatic rings. The first-order valence-electron chi connectivity index (χ1n) is 7.87. The van der Waals surface area contributed by atoms with E-state index in [1.807, 2.05) is 6.92 Å². The monoisotopic (exact) mass is 343 g/mol. The Morgan fingerprint density at radius 2 is 1.76 bits per heavy atom. The van der Waals surface area contributed by atoms with Crippen LogP contribution in [0.25, 0.3) is 0 Å². The number of pyridine rings is 1. The van der Waals surface area contributed by atoms with Gasteiger partial charge in [-0.05, 0) is 30.7 Å². The molecule has 2 aromatic rings. The lowest BCUT2D eigenvalue weighted by Crippen LogP contribution is -2.26. The highest BCUT2D eigenvalue weighted by atomic mass is 16.5. The van der Waals surface area contributed by atoms with Gasteiger partial charge in [0.15, 0.2) is 0 Å². The Bertz CT molecular complexity index is 762. The van der Waals surface area contributed by atoms with Crippen molar-refractivity contribution in [2.45, 2.75) is 13.3 Å². The van der Waals surface area contributed by atoms with Crippen LogP contribution in [0.4, 0.5) is 5.69 Å². The summed E-state index contributed by atoms with van der Waals surface area (Å²) in [6, 6.07) is 9.77. The lowest BCUT2D eigenvalue weighted by molar-refractivity contribution is 0.0948. The molecular weight excluding hydrogens is 322 g/mol. The summed E-state index contributed by atoms with van der Waals surface area (Å²) in [4.78, 5) is 28.5. The first kappa shape index (κ1) is 18.3. The zero-order chi connectivity index (χ0) is 18.2. The number of aromatic nitrogens is 1. The predicted molar refractivity (Wildman–Crippen MR) is 94.4 cm³/mol. The Morgan fingerprint density at radius 1 is 1.04 bits per heavy atom. The summed E-state index contributed by atoms with van der Waals surface area (Å²) >= 11 is 0. The zero-order valence-electron chi connectivity index (χ0n) is 14.5. The lowest BCUT2D eigenvalue weighted by atomic mass is 10.2. The number of nitrogens with zero attached hydrogens (tertiary/aromatic N) is 1.